The second-order valence-corrected chi connectivity index (χ2v) is 5.76. The van der Waals surface area contributed by atoms with E-state index in [9.17, 15) is 4.79 Å². The van der Waals surface area contributed by atoms with Crippen LogP contribution in [0.25, 0.3) is 0 Å². The molecule has 1 aliphatic heterocycles. The number of nitriles is 1. The van der Waals surface area contributed by atoms with Crippen LogP contribution in [-0.2, 0) is 0 Å². The van der Waals surface area contributed by atoms with E-state index in [1.54, 1.807) is 24.3 Å². The molecule has 3 rings (SSSR count). The lowest BCUT2D eigenvalue weighted by molar-refractivity contribution is 0.0931. The molecule has 1 heterocycles. The molecular formula is C19H19N3O. The molecule has 1 aliphatic rings. The summed E-state index contributed by atoms with van der Waals surface area (Å²) in [6.45, 7) is 1.88. The number of para-hydroxylation sites is 1. The molecule has 23 heavy (non-hydrogen) atoms. The number of rotatable bonds is 3. The van der Waals surface area contributed by atoms with E-state index < -0.39 is 0 Å². The van der Waals surface area contributed by atoms with Gasteiger partial charge in [-0.05, 0) is 43.2 Å². The van der Waals surface area contributed by atoms with E-state index >= 15 is 0 Å². The number of hydrogen-bond donors (Lipinski definition) is 1. The van der Waals surface area contributed by atoms with Crippen LogP contribution >= 0.6 is 0 Å². The molecule has 0 spiro atoms. The zero-order chi connectivity index (χ0) is 16.1. The quantitative estimate of drug-likeness (QED) is 0.948. The first-order valence-corrected chi connectivity index (χ1v) is 7.87. The largest absolute Gasteiger partial charge is 0.371 e. The van der Waals surface area contributed by atoms with Gasteiger partial charge in [-0.25, -0.2) is 0 Å². The lowest BCUT2D eigenvalue weighted by Crippen LogP contribution is -2.44. The number of benzene rings is 2. The lowest BCUT2D eigenvalue weighted by atomic mass is 10.0. The van der Waals surface area contributed by atoms with Crippen LogP contribution in [0.1, 0.15) is 28.8 Å². The molecule has 1 saturated heterocycles. The van der Waals surface area contributed by atoms with E-state index in [1.165, 1.54) is 5.69 Å². The third kappa shape index (κ3) is 3.70. The first-order valence-electron chi connectivity index (χ1n) is 7.87. The van der Waals surface area contributed by atoms with Crippen LogP contribution in [0.15, 0.2) is 54.6 Å². The van der Waals surface area contributed by atoms with Crippen LogP contribution in [0.5, 0.6) is 0 Å². The van der Waals surface area contributed by atoms with Gasteiger partial charge in [0.05, 0.1) is 11.6 Å². The number of carbonyl (C=O) groups excluding carboxylic acids is 1. The van der Waals surface area contributed by atoms with Crippen LogP contribution < -0.4 is 10.2 Å². The van der Waals surface area contributed by atoms with Crippen molar-refractivity contribution in [1.82, 2.24) is 5.32 Å². The number of hydrogen-bond acceptors (Lipinski definition) is 3. The number of anilines is 1. The van der Waals surface area contributed by atoms with Crippen LogP contribution in [0.2, 0.25) is 0 Å². The fourth-order valence-electron chi connectivity index (χ4n) is 2.92. The summed E-state index contributed by atoms with van der Waals surface area (Å²) < 4.78 is 0. The van der Waals surface area contributed by atoms with E-state index in [-0.39, 0.29) is 11.9 Å². The highest BCUT2D eigenvalue weighted by Crippen LogP contribution is 2.19. The summed E-state index contributed by atoms with van der Waals surface area (Å²) in [5, 5.41) is 12.0. The van der Waals surface area contributed by atoms with Crippen LogP contribution in [0.3, 0.4) is 0 Å². The maximum Gasteiger partial charge on any atom is 0.251 e. The predicted octanol–water partition coefficient (Wildman–Crippen LogP) is 2.96. The van der Waals surface area contributed by atoms with Crippen molar-refractivity contribution in [1.29, 1.82) is 5.26 Å². The average Bonchev–Trinajstić information content (AvgIpc) is 2.63. The minimum atomic E-state index is -0.0970. The number of amides is 1. The Bertz CT molecular complexity index is 713. The highest BCUT2D eigenvalue weighted by Gasteiger charge is 2.21. The van der Waals surface area contributed by atoms with Gasteiger partial charge < -0.3 is 10.2 Å². The average molecular weight is 305 g/mol. The molecule has 0 aromatic heterocycles. The molecule has 4 heteroatoms. The summed E-state index contributed by atoms with van der Waals surface area (Å²) in [5.74, 6) is -0.0970. The number of carbonyl (C=O) groups is 1. The van der Waals surface area contributed by atoms with E-state index in [0.29, 0.717) is 11.1 Å². The van der Waals surface area contributed by atoms with Gasteiger partial charge >= 0.3 is 0 Å². The van der Waals surface area contributed by atoms with Gasteiger partial charge in [0.1, 0.15) is 0 Å². The first-order chi connectivity index (χ1) is 11.3. The number of piperidine rings is 1. The highest BCUT2D eigenvalue weighted by molar-refractivity contribution is 5.94. The first kappa shape index (κ1) is 15.1. The van der Waals surface area contributed by atoms with Gasteiger partial charge in [0.2, 0.25) is 0 Å². The summed E-state index contributed by atoms with van der Waals surface area (Å²) in [4.78, 5) is 14.6. The fraction of sp³-hybridized carbons (Fsp3) is 0.263. The molecule has 1 fully saturated rings. The van der Waals surface area contributed by atoms with Crippen molar-refractivity contribution < 1.29 is 4.79 Å². The lowest BCUT2D eigenvalue weighted by Gasteiger charge is -2.34. The number of nitrogens with zero attached hydrogens (tertiary/aromatic N) is 2. The smallest absolute Gasteiger partial charge is 0.251 e. The van der Waals surface area contributed by atoms with Gasteiger partial charge in [0.25, 0.3) is 5.91 Å². The second-order valence-electron chi connectivity index (χ2n) is 5.76. The Morgan fingerprint density at radius 1 is 1.09 bits per heavy atom. The zero-order valence-corrected chi connectivity index (χ0v) is 12.9. The Morgan fingerprint density at radius 2 is 1.83 bits per heavy atom. The summed E-state index contributed by atoms with van der Waals surface area (Å²) in [7, 11) is 0. The van der Waals surface area contributed by atoms with Gasteiger partial charge in [-0.1, -0.05) is 24.3 Å². The van der Waals surface area contributed by atoms with Gasteiger partial charge in [-0.3, -0.25) is 4.79 Å². The molecule has 1 amide bonds. The van der Waals surface area contributed by atoms with Crippen LogP contribution in [0, 0.1) is 11.3 Å². The van der Waals surface area contributed by atoms with Gasteiger partial charge in [0, 0.05) is 30.4 Å². The Kier molecular flexibility index (Phi) is 4.58. The SMILES string of the molecule is N#Cc1cccc(C(=O)NC2CCN(c3ccccc3)CC2)c1. The maximum absolute atomic E-state index is 12.3. The molecule has 0 bridgehead atoms. The van der Waals surface area contributed by atoms with Crippen molar-refractivity contribution in [2.75, 3.05) is 18.0 Å². The summed E-state index contributed by atoms with van der Waals surface area (Å²) >= 11 is 0. The van der Waals surface area contributed by atoms with Crippen LogP contribution in [0.4, 0.5) is 5.69 Å². The summed E-state index contributed by atoms with van der Waals surface area (Å²) in [6.07, 6.45) is 1.86. The normalized spacial score (nSPS) is 15.0. The van der Waals surface area contributed by atoms with Gasteiger partial charge in [-0.2, -0.15) is 5.26 Å². The Morgan fingerprint density at radius 3 is 2.52 bits per heavy atom. The van der Waals surface area contributed by atoms with Gasteiger partial charge in [-0.15, -0.1) is 0 Å². The molecule has 116 valence electrons. The molecule has 2 aromatic carbocycles. The fourth-order valence-corrected chi connectivity index (χ4v) is 2.92. The second kappa shape index (κ2) is 6.97. The monoisotopic (exact) mass is 305 g/mol. The predicted molar refractivity (Wildman–Crippen MR) is 90.3 cm³/mol. The van der Waals surface area contributed by atoms with Crippen molar-refractivity contribution in [3.05, 3.63) is 65.7 Å². The highest BCUT2D eigenvalue weighted by atomic mass is 16.1. The van der Waals surface area contributed by atoms with E-state index in [1.807, 2.05) is 18.2 Å². The van der Waals surface area contributed by atoms with E-state index in [0.717, 1.165) is 25.9 Å². The summed E-state index contributed by atoms with van der Waals surface area (Å²) in [5.41, 5.74) is 2.30. The molecule has 0 radical (unpaired) electrons. The van der Waals surface area contributed by atoms with Crippen LogP contribution in [-0.4, -0.2) is 25.0 Å². The van der Waals surface area contributed by atoms with E-state index in [2.05, 4.69) is 28.4 Å². The van der Waals surface area contributed by atoms with Crippen molar-refractivity contribution in [3.63, 3.8) is 0 Å². The molecule has 0 unspecified atom stereocenters. The molecular weight excluding hydrogens is 286 g/mol. The third-order valence-corrected chi connectivity index (χ3v) is 4.21. The minimum absolute atomic E-state index is 0.0970. The zero-order valence-electron chi connectivity index (χ0n) is 12.9. The van der Waals surface area contributed by atoms with Crippen molar-refractivity contribution in [2.45, 2.75) is 18.9 Å². The minimum Gasteiger partial charge on any atom is -0.371 e. The molecule has 0 aliphatic carbocycles. The molecule has 0 atom stereocenters. The molecule has 1 N–H and O–H groups in total. The van der Waals surface area contributed by atoms with Crippen molar-refractivity contribution in [2.24, 2.45) is 0 Å². The number of nitrogens with one attached hydrogen (secondary N) is 1. The maximum atomic E-state index is 12.3. The van der Waals surface area contributed by atoms with Crippen molar-refractivity contribution in [3.8, 4) is 6.07 Å². The van der Waals surface area contributed by atoms with E-state index in [4.69, 9.17) is 5.26 Å². The molecule has 4 nitrogen and oxygen atoms in total. The molecule has 0 saturated carbocycles. The van der Waals surface area contributed by atoms with Crippen molar-refractivity contribution >= 4 is 11.6 Å². The Labute approximate surface area is 136 Å². The Hall–Kier alpha value is -2.80. The standard InChI is InChI=1S/C19H19N3O/c20-14-15-5-4-6-16(13-15)19(23)21-17-9-11-22(12-10-17)18-7-2-1-3-8-18/h1-8,13,17H,9-12H2,(H,21,23). The van der Waals surface area contributed by atoms with Gasteiger partial charge in [0.15, 0.2) is 0 Å². The molecule has 2 aromatic rings. The third-order valence-electron chi connectivity index (χ3n) is 4.21. The topological polar surface area (TPSA) is 56.1 Å². The summed E-state index contributed by atoms with van der Waals surface area (Å²) in [6, 6.07) is 19.4. The Balaban J connectivity index is 1.56.